The topological polar surface area (TPSA) is 46.6 Å². The molecule has 0 spiro atoms. The predicted octanol–water partition coefficient (Wildman–Crippen LogP) is 4.50. The van der Waals surface area contributed by atoms with E-state index in [0.717, 1.165) is 42.3 Å². The number of fused-ring (bicyclic) bond motifs is 1. The quantitative estimate of drug-likeness (QED) is 0.749. The number of carbonyl (C=O) groups excluding carboxylic acids is 2. The number of piperidine rings is 1. The number of hydrogen-bond acceptors (Lipinski definition) is 4. The van der Waals surface area contributed by atoms with Crippen LogP contribution in [0.2, 0.25) is 5.02 Å². The minimum Gasteiger partial charge on any atom is -0.451 e. The number of halogens is 1. The predicted molar refractivity (Wildman–Crippen MR) is 96.8 cm³/mol. The van der Waals surface area contributed by atoms with E-state index in [0.29, 0.717) is 9.90 Å². The SMILES string of the molecule is CC[C@H]1CCCCN1C(=O)COC(=O)c1sc2ccccc2c1Cl. The van der Waals surface area contributed by atoms with Gasteiger partial charge < -0.3 is 9.64 Å². The summed E-state index contributed by atoms with van der Waals surface area (Å²) >= 11 is 7.57. The van der Waals surface area contributed by atoms with Crippen LogP contribution in [0.5, 0.6) is 0 Å². The molecule has 0 bridgehead atoms. The fraction of sp³-hybridized carbons (Fsp3) is 0.444. The number of likely N-dealkylation sites (tertiary alicyclic amines) is 1. The zero-order valence-electron chi connectivity index (χ0n) is 13.6. The Labute approximate surface area is 150 Å². The van der Waals surface area contributed by atoms with E-state index in [2.05, 4.69) is 6.92 Å². The average molecular weight is 366 g/mol. The summed E-state index contributed by atoms with van der Waals surface area (Å²) in [5.41, 5.74) is 0. The number of esters is 1. The maximum atomic E-state index is 12.4. The summed E-state index contributed by atoms with van der Waals surface area (Å²) in [6, 6.07) is 7.82. The van der Waals surface area contributed by atoms with Crippen LogP contribution in [0.15, 0.2) is 24.3 Å². The molecule has 24 heavy (non-hydrogen) atoms. The maximum Gasteiger partial charge on any atom is 0.350 e. The first-order valence-electron chi connectivity index (χ1n) is 8.25. The van der Waals surface area contributed by atoms with E-state index in [4.69, 9.17) is 16.3 Å². The molecule has 3 rings (SSSR count). The van der Waals surface area contributed by atoms with Gasteiger partial charge in [0.1, 0.15) is 4.88 Å². The fourth-order valence-electron chi connectivity index (χ4n) is 3.17. The second-order valence-corrected chi connectivity index (χ2v) is 7.39. The van der Waals surface area contributed by atoms with Gasteiger partial charge in [0.25, 0.3) is 5.91 Å². The summed E-state index contributed by atoms with van der Waals surface area (Å²) < 4.78 is 6.18. The number of hydrogen-bond donors (Lipinski definition) is 0. The fourth-order valence-corrected chi connectivity index (χ4v) is 4.58. The highest BCUT2D eigenvalue weighted by molar-refractivity contribution is 7.21. The highest BCUT2D eigenvalue weighted by Gasteiger charge is 2.26. The van der Waals surface area contributed by atoms with Gasteiger partial charge in [-0.1, -0.05) is 36.7 Å². The molecule has 0 radical (unpaired) electrons. The van der Waals surface area contributed by atoms with Crippen LogP contribution in [-0.2, 0) is 9.53 Å². The molecule has 0 unspecified atom stereocenters. The smallest absolute Gasteiger partial charge is 0.350 e. The summed E-state index contributed by atoms with van der Waals surface area (Å²) in [7, 11) is 0. The summed E-state index contributed by atoms with van der Waals surface area (Å²) in [6.45, 7) is 2.61. The Morgan fingerprint density at radius 2 is 2.12 bits per heavy atom. The Morgan fingerprint density at radius 3 is 2.88 bits per heavy atom. The molecule has 0 N–H and O–H groups in total. The van der Waals surface area contributed by atoms with Gasteiger partial charge in [-0.25, -0.2) is 4.79 Å². The lowest BCUT2D eigenvalue weighted by Gasteiger charge is -2.35. The summed E-state index contributed by atoms with van der Waals surface area (Å²) in [5.74, 6) is -0.647. The van der Waals surface area contributed by atoms with E-state index < -0.39 is 5.97 Å². The van der Waals surface area contributed by atoms with Crippen molar-refractivity contribution in [3.8, 4) is 0 Å². The minimum absolute atomic E-state index is 0.118. The molecule has 0 aliphatic carbocycles. The van der Waals surface area contributed by atoms with Crippen molar-refractivity contribution in [1.82, 2.24) is 4.90 Å². The Balaban J connectivity index is 1.66. The Morgan fingerprint density at radius 1 is 1.33 bits per heavy atom. The molecule has 2 heterocycles. The Hall–Kier alpha value is -1.59. The zero-order valence-corrected chi connectivity index (χ0v) is 15.2. The number of thiophene rings is 1. The molecule has 1 aliphatic heterocycles. The van der Waals surface area contributed by atoms with Crippen LogP contribution in [0.1, 0.15) is 42.3 Å². The number of amides is 1. The molecule has 1 aromatic carbocycles. The Kier molecular flexibility index (Phi) is 5.41. The van der Waals surface area contributed by atoms with E-state index in [9.17, 15) is 9.59 Å². The van der Waals surface area contributed by atoms with E-state index in [1.165, 1.54) is 11.3 Å². The number of rotatable bonds is 4. The maximum absolute atomic E-state index is 12.4. The van der Waals surface area contributed by atoms with Crippen molar-refractivity contribution >= 4 is 44.9 Å². The lowest BCUT2D eigenvalue weighted by Crippen LogP contribution is -2.45. The first kappa shape index (κ1) is 17.2. The van der Waals surface area contributed by atoms with Gasteiger partial charge in [-0.3, -0.25) is 4.79 Å². The number of benzene rings is 1. The standard InChI is InChI=1S/C18H20ClNO3S/c1-2-12-7-5-6-10-20(12)15(21)11-23-18(22)17-16(19)13-8-3-4-9-14(13)24-17/h3-4,8-9,12H,2,5-7,10-11H2,1H3/t12-/m0/s1. The van der Waals surface area contributed by atoms with Crippen molar-refractivity contribution in [2.24, 2.45) is 0 Å². The van der Waals surface area contributed by atoms with E-state index in [-0.39, 0.29) is 18.6 Å². The third-order valence-electron chi connectivity index (χ3n) is 4.47. The molecular formula is C18H20ClNO3S. The van der Waals surface area contributed by atoms with Crippen LogP contribution in [0.25, 0.3) is 10.1 Å². The molecule has 1 amide bonds. The van der Waals surface area contributed by atoms with Crippen LogP contribution < -0.4 is 0 Å². The van der Waals surface area contributed by atoms with Crippen LogP contribution in [0.3, 0.4) is 0 Å². The van der Waals surface area contributed by atoms with Crippen LogP contribution in [0.4, 0.5) is 0 Å². The number of carbonyl (C=O) groups is 2. The van der Waals surface area contributed by atoms with Gasteiger partial charge in [0, 0.05) is 22.7 Å². The second-order valence-electron chi connectivity index (χ2n) is 5.96. The van der Waals surface area contributed by atoms with Gasteiger partial charge in [-0.05, 0) is 31.7 Å². The normalized spacial score (nSPS) is 17.9. The van der Waals surface area contributed by atoms with Gasteiger partial charge in [0.05, 0.1) is 5.02 Å². The van der Waals surface area contributed by atoms with Crippen molar-refractivity contribution < 1.29 is 14.3 Å². The molecule has 6 heteroatoms. The lowest BCUT2D eigenvalue weighted by molar-refractivity contribution is -0.138. The lowest BCUT2D eigenvalue weighted by atomic mass is 10.00. The van der Waals surface area contributed by atoms with Gasteiger partial charge in [0.2, 0.25) is 0 Å². The third kappa shape index (κ3) is 3.42. The Bertz CT molecular complexity index is 758. The van der Waals surface area contributed by atoms with E-state index in [1.54, 1.807) is 0 Å². The third-order valence-corrected chi connectivity index (χ3v) is 6.12. The number of nitrogens with zero attached hydrogens (tertiary/aromatic N) is 1. The van der Waals surface area contributed by atoms with Crippen LogP contribution in [-0.4, -0.2) is 36.0 Å². The van der Waals surface area contributed by atoms with Crippen molar-refractivity contribution in [1.29, 1.82) is 0 Å². The van der Waals surface area contributed by atoms with Gasteiger partial charge >= 0.3 is 5.97 Å². The monoisotopic (exact) mass is 365 g/mol. The van der Waals surface area contributed by atoms with Gasteiger partial charge in [-0.2, -0.15) is 0 Å². The molecule has 1 fully saturated rings. The molecule has 1 saturated heterocycles. The van der Waals surface area contributed by atoms with E-state index in [1.807, 2.05) is 29.2 Å². The van der Waals surface area contributed by atoms with Crippen LogP contribution in [0, 0.1) is 0 Å². The minimum atomic E-state index is -0.528. The molecular weight excluding hydrogens is 346 g/mol. The van der Waals surface area contributed by atoms with E-state index >= 15 is 0 Å². The summed E-state index contributed by atoms with van der Waals surface area (Å²) in [6.07, 6.45) is 4.12. The largest absolute Gasteiger partial charge is 0.451 e. The highest BCUT2D eigenvalue weighted by atomic mass is 35.5. The van der Waals surface area contributed by atoms with Crippen molar-refractivity contribution in [2.75, 3.05) is 13.2 Å². The average Bonchev–Trinajstić information content (AvgIpc) is 2.96. The highest BCUT2D eigenvalue weighted by Crippen LogP contribution is 2.35. The second kappa shape index (κ2) is 7.53. The van der Waals surface area contributed by atoms with Crippen molar-refractivity contribution in [3.05, 3.63) is 34.2 Å². The van der Waals surface area contributed by atoms with Crippen LogP contribution >= 0.6 is 22.9 Å². The molecule has 0 saturated carbocycles. The zero-order chi connectivity index (χ0) is 17.1. The molecule has 2 aromatic rings. The first-order chi connectivity index (χ1) is 11.6. The van der Waals surface area contributed by atoms with Gasteiger partial charge in [0.15, 0.2) is 6.61 Å². The van der Waals surface area contributed by atoms with Gasteiger partial charge in [-0.15, -0.1) is 11.3 Å². The molecule has 1 aromatic heterocycles. The molecule has 128 valence electrons. The molecule has 1 aliphatic rings. The summed E-state index contributed by atoms with van der Waals surface area (Å²) in [4.78, 5) is 26.9. The van der Waals surface area contributed by atoms with Crippen molar-refractivity contribution in [3.63, 3.8) is 0 Å². The first-order valence-corrected chi connectivity index (χ1v) is 9.45. The molecule has 4 nitrogen and oxygen atoms in total. The number of ether oxygens (including phenoxy) is 1. The summed E-state index contributed by atoms with van der Waals surface area (Å²) in [5, 5.41) is 1.24. The van der Waals surface area contributed by atoms with Crippen molar-refractivity contribution in [2.45, 2.75) is 38.6 Å². The molecule has 1 atom stereocenters.